The number of nitrogens with one attached hydrogen (secondary N) is 1. The van der Waals surface area contributed by atoms with E-state index >= 15 is 0 Å². The molecule has 1 aliphatic rings. The lowest BCUT2D eigenvalue weighted by molar-refractivity contribution is 0.0657. The molecule has 2 heterocycles. The van der Waals surface area contributed by atoms with Crippen LogP contribution in [0, 0.1) is 5.82 Å². The Morgan fingerprint density at radius 3 is 2.61 bits per heavy atom. The number of methoxy groups -OCH3 is 1. The topological polar surface area (TPSA) is 70.3 Å². The number of hydrogen-bond acceptors (Lipinski definition) is 4. The van der Waals surface area contributed by atoms with E-state index in [4.69, 9.17) is 9.15 Å². The molecule has 1 N–H and O–H groups in total. The van der Waals surface area contributed by atoms with Crippen molar-refractivity contribution in [2.24, 2.45) is 4.99 Å². The minimum absolute atomic E-state index is 0.0969. The van der Waals surface area contributed by atoms with E-state index in [1.54, 1.807) is 29.2 Å². The average molecular weight is 388 g/mol. The third-order valence-electron chi connectivity index (χ3n) is 4.56. The Labute approximate surface area is 163 Å². The zero-order valence-electron chi connectivity index (χ0n) is 16.2. The number of aliphatic imine (C=N–C) groups is 1. The summed E-state index contributed by atoms with van der Waals surface area (Å²) in [6.07, 6.45) is 1.50. The number of furan rings is 1. The molecule has 1 fully saturated rings. The number of halogens is 1. The second-order valence-electron chi connectivity index (χ2n) is 6.40. The maximum absolute atomic E-state index is 13.9. The predicted octanol–water partition coefficient (Wildman–Crippen LogP) is 2.35. The molecule has 1 aliphatic heterocycles. The summed E-state index contributed by atoms with van der Waals surface area (Å²) < 4.78 is 24.0. The quantitative estimate of drug-likeness (QED) is 0.629. The molecule has 0 radical (unpaired) electrons. The van der Waals surface area contributed by atoms with Gasteiger partial charge < -0.3 is 24.3 Å². The Bertz CT molecular complexity index is 815. The highest BCUT2D eigenvalue weighted by Gasteiger charge is 2.25. The minimum Gasteiger partial charge on any atom is -0.494 e. The molecule has 0 unspecified atom stereocenters. The maximum Gasteiger partial charge on any atom is 0.289 e. The van der Waals surface area contributed by atoms with E-state index in [9.17, 15) is 9.18 Å². The van der Waals surface area contributed by atoms with Gasteiger partial charge in [-0.15, -0.1) is 0 Å². The summed E-state index contributed by atoms with van der Waals surface area (Å²) in [6, 6.07) is 8.22. The van der Waals surface area contributed by atoms with E-state index in [1.807, 2.05) is 6.92 Å². The van der Waals surface area contributed by atoms with Crippen molar-refractivity contribution in [3.05, 3.63) is 53.7 Å². The largest absolute Gasteiger partial charge is 0.494 e. The summed E-state index contributed by atoms with van der Waals surface area (Å²) in [4.78, 5) is 20.9. The molecular formula is C20H25FN4O3. The zero-order chi connectivity index (χ0) is 19.9. The van der Waals surface area contributed by atoms with Gasteiger partial charge in [0.05, 0.1) is 19.9 Å². The second kappa shape index (κ2) is 9.25. The molecule has 28 heavy (non-hydrogen) atoms. The molecule has 0 bridgehead atoms. The summed E-state index contributed by atoms with van der Waals surface area (Å²) in [5.41, 5.74) is 0.764. The van der Waals surface area contributed by atoms with E-state index in [0.717, 1.165) is 18.1 Å². The van der Waals surface area contributed by atoms with E-state index in [-0.39, 0.29) is 11.7 Å². The summed E-state index contributed by atoms with van der Waals surface area (Å²) in [5.74, 6) is 0.835. The molecule has 3 rings (SSSR count). The third-order valence-corrected chi connectivity index (χ3v) is 4.56. The Kier molecular flexibility index (Phi) is 6.52. The van der Waals surface area contributed by atoms with Gasteiger partial charge in [-0.3, -0.25) is 4.79 Å². The molecule has 1 aromatic carbocycles. The maximum atomic E-state index is 13.9. The molecular weight excluding hydrogens is 363 g/mol. The lowest BCUT2D eigenvalue weighted by Gasteiger charge is -2.36. The highest BCUT2D eigenvalue weighted by atomic mass is 19.1. The number of guanidine groups is 1. The fourth-order valence-electron chi connectivity index (χ4n) is 3.08. The van der Waals surface area contributed by atoms with Crippen LogP contribution >= 0.6 is 0 Å². The number of carbonyl (C=O) groups excluding carboxylic acids is 1. The van der Waals surface area contributed by atoms with Crippen LogP contribution in [-0.4, -0.2) is 61.5 Å². The van der Waals surface area contributed by atoms with Crippen LogP contribution < -0.4 is 10.1 Å². The Morgan fingerprint density at radius 1 is 1.25 bits per heavy atom. The van der Waals surface area contributed by atoms with Crippen molar-refractivity contribution >= 4 is 11.9 Å². The van der Waals surface area contributed by atoms with Crippen LogP contribution in [0.3, 0.4) is 0 Å². The van der Waals surface area contributed by atoms with Crippen LogP contribution in [0.5, 0.6) is 5.75 Å². The van der Waals surface area contributed by atoms with Crippen molar-refractivity contribution in [1.29, 1.82) is 0 Å². The van der Waals surface area contributed by atoms with Crippen LogP contribution in [0.1, 0.15) is 23.0 Å². The van der Waals surface area contributed by atoms with Crippen molar-refractivity contribution < 1.29 is 18.3 Å². The van der Waals surface area contributed by atoms with E-state index in [2.05, 4.69) is 15.2 Å². The normalized spacial score (nSPS) is 14.9. The summed E-state index contributed by atoms with van der Waals surface area (Å²) in [5, 5.41) is 3.27. The van der Waals surface area contributed by atoms with E-state index < -0.39 is 5.82 Å². The van der Waals surface area contributed by atoms with Gasteiger partial charge in [0.15, 0.2) is 23.3 Å². The number of nitrogens with zero attached hydrogens (tertiary/aromatic N) is 3. The lowest BCUT2D eigenvalue weighted by Crippen LogP contribution is -2.53. The number of rotatable bonds is 5. The molecule has 0 atom stereocenters. The van der Waals surface area contributed by atoms with Crippen molar-refractivity contribution in [3.8, 4) is 5.75 Å². The molecule has 0 spiro atoms. The molecule has 150 valence electrons. The van der Waals surface area contributed by atoms with Crippen molar-refractivity contribution in [2.45, 2.75) is 13.5 Å². The molecule has 0 saturated carbocycles. The van der Waals surface area contributed by atoms with Gasteiger partial charge in [-0.25, -0.2) is 9.38 Å². The standard InChI is InChI=1S/C20H25FN4O3/c1-3-22-20(23-14-15-6-7-17(27-2)16(21)13-15)25-10-8-24(9-11-25)19(26)18-5-4-12-28-18/h4-7,12-13H,3,8-11,14H2,1-2H3,(H,22,23). The number of ether oxygens (including phenoxy) is 1. The predicted molar refractivity (Wildman–Crippen MR) is 104 cm³/mol. The fourth-order valence-corrected chi connectivity index (χ4v) is 3.08. The molecule has 0 aliphatic carbocycles. The van der Waals surface area contributed by atoms with Gasteiger partial charge in [-0.2, -0.15) is 0 Å². The first kappa shape index (κ1) is 19.7. The highest BCUT2D eigenvalue weighted by molar-refractivity contribution is 5.91. The Balaban J connectivity index is 1.62. The summed E-state index contributed by atoms with van der Waals surface area (Å²) in [7, 11) is 1.44. The SMILES string of the molecule is CCNC(=NCc1ccc(OC)c(F)c1)N1CCN(C(=O)c2ccco2)CC1. The van der Waals surface area contributed by atoms with Crippen molar-refractivity contribution in [2.75, 3.05) is 39.8 Å². The van der Waals surface area contributed by atoms with Gasteiger partial charge in [0.1, 0.15) is 0 Å². The highest BCUT2D eigenvalue weighted by Crippen LogP contribution is 2.18. The second-order valence-corrected chi connectivity index (χ2v) is 6.40. The zero-order valence-corrected chi connectivity index (χ0v) is 16.2. The number of carbonyl (C=O) groups is 1. The van der Waals surface area contributed by atoms with Crippen LogP contribution in [-0.2, 0) is 6.54 Å². The van der Waals surface area contributed by atoms with Crippen LogP contribution in [0.2, 0.25) is 0 Å². The average Bonchev–Trinajstić information content (AvgIpc) is 3.26. The minimum atomic E-state index is -0.398. The van der Waals surface area contributed by atoms with Crippen LogP contribution in [0.25, 0.3) is 0 Å². The smallest absolute Gasteiger partial charge is 0.289 e. The lowest BCUT2D eigenvalue weighted by atomic mass is 10.2. The first-order valence-electron chi connectivity index (χ1n) is 9.30. The van der Waals surface area contributed by atoms with E-state index in [0.29, 0.717) is 38.5 Å². The molecule has 1 amide bonds. The number of benzene rings is 1. The van der Waals surface area contributed by atoms with Gasteiger partial charge in [0, 0.05) is 32.7 Å². The van der Waals surface area contributed by atoms with Gasteiger partial charge in [0.2, 0.25) is 0 Å². The van der Waals surface area contributed by atoms with Gasteiger partial charge in [0.25, 0.3) is 5.91 Å². The first-order chi connectivity index (χ1) is 13.6. The molecule has 8 heteroatoms. The molecule has 2 aromatic rings. The van der Waals surface area contributed by atoms with Gasteiger partial charge in [-0.05, 0) is 36.8 Å². The molecule has 1 aromatic heterocycles. The molecule has 1 saturated heterocycles. The Morgan fingerprint density at radius 2 is 2.00 bits per heavy atom. The van der Waals surface area contributed by atoms with Crippen LogP contribution in [0.15, 0.2) is 46.0 Å². The third kappa shape index (κ3) is 4.62. The molecule has 7 nitrogen and oxygen atoms in total. The van der Waals surface area contributed by atoms with Crippen molar-refractivity contribution in [3.63, 3.8) is 0 Å². The van der Waals surface area contributed by atoms with Gasteiger partial charge in [-0.1, -0.05) is 6.07 Å². The monoisotopic (exact) mass is 388 g/mol. The number of piperazine rings is 1. The number of hydrogen-bond donors (Lipinski definition) is 1. The van der Waals surface area contributed by atoms with Crippen molar-refractivity contribution in [1.82, 2.24) is 15.1 Å². The Hall–Kier alpha value is -3.03. The summed E-state index contributed by atoms with van der Waals surface area (Å²) >= 11 is 0. The summed E-state index contributed by atoms with van der Waals surface area (Å²) in [6.45, 7) is 5.57. The van der Waals surface area contributed by atoms with Gasteiger partial charge >= 0.3 is 0 Å². The fraction of sp³-hybridized carbons (Fsp3) is 0.400. The van der Waals surface area contributed by atoms with E-state index in [1.165, 1.54) is 19.4 Å². The van der Waals surface area contributed by atoms with Crippen LogP contribution in [0.4, 0.5) is 4.39 Å². The first-order valence-corrected chi connectivity index (χ1v) is 9.30. The number of amides is 1.